The van der Waals surface area contributed by atoms with Crippen LogP contribution in [0.1, 0.15) is 23.4 Å². The summed E-state index contributed by atoms with van der Waals surface area (Å²) in [6, 6.07) is 10.9. The molecule has 1 unspecified atom stereocenters. The second-order valence-corrected chi connectivity index (χ2v) is 7.67. The number of fused-ring (bicyclic) bond motifs is 1. The number of pyridine rings is 1. The number of primary amides is 1. The van der Waals surface area contributed by atoms with Crippen molar-refractivity contribution in [3.63, 3.8) is 0 Å². The highest BCUT2D eigenvalue weighted by molar-refractivity contribution is 9.10. The first kappa shape index (κ1) is 18.5. The van der Waals surface area contributed by atoms with E-state index in [9.17, 15) is 9.59 Å². The number of rotatable bonds is 4. The van der Waals surface area contributed by atoms with Crippen molar-refractivity contribution in [3.05, 3.63) is 52.8 Å². The summed E-state index contributed by atoms with van der Waals surface area (Å²) >= 11 is 3.42. The Bertz CT molecular complexity index is 1030. The van der Waals surface area contributed by atoms with Crippen LogP contribution in [0, 0.1) is 5.92 Å². The number of furan rings is 1. The molecule has 1 atom stereocenters. The van der Waals surface area contributed by atoms with Crippen LogP contribution in [0.25, 0.3) is 11.0 Å². The maximum Gasteiger partial charge on any atom is 0.291 e. The number of carbonyl (C=O) groups excluding carboxylic acids is 2. The van der Waals surface area contributed by atoms with Gasteiger partial charge < -0.3 is 20.4 Å². The number of benzene rings is 1. The lowest BCUT2D eigenvalue weighted by molar-refractivity contribution is -0.122. The van der Waals surface area contributed by atoms with Crippen LogP contribution in [-0.2, 0) is 4.79 Å². The van der Waals surface area contributed by atoms with Gasteiger partial charge in [0.05, 0.1) is 22.3 Å². The number of hydrogen-bond donors (Lipinski definition) is 2. The van der Waals surface area contributed by atoms with E-state index in [1.165, 1.54) is 0 Å². The lowest BCUT2D eigenvalue weighted by Crippen LogP contribution is -2.41. The number of aromatic nitrogens is 1. The Kier molecular flexibility index (Phi) is 5.04. The largest absolute Gasteiger partial charge is 0.450 e. The van der Waals surface area contributed by atoms with Crippen molar-refractivity contribution in [3.8, 4) is 0 Å². The Labute approximate surface area is 170 Å². The SMILES string of the molecule is NC(=O)C1CCCN(c2ccc(NC(=O)c3cc4cccc(Br)c4o3)cn2)C1. The molecule has 1 aliphatic rings. The van der Waals surface area contributed by atoms with Crippen molar-refractivity contribution in [2.24, 2.45) is 11.7 Å². The molecule has 28 heavy (non-hydrogen) atoms. The molecular weight excluding hydrogens is 424 g/mol. The van der Waals surface area contributed by atoms with Crippen LogP contribution in [0.15, 0.2) is 51.5 Å². The first-order chi connectivity index (χ1) is 13.5. The van der Waals surface area contributed by atoms with E-state index >= 15 is 0 Å². The van der Waals surface area contributed by atoms with Gasteiger partial charge in [-0.1, -0.05) is 12.1 Å². The van der Waals surface area contributed by atoms with Crippen molar-refractivity contribution in [1.82, 2.24) is 4.98 Å². The van der Waals surface area contributed by atoms with Crippen molar-refractivity contribution < 1.29 is 14.0 Å². The number of nitrogens with one attached hydrogen (secondary N) is 1. The Morgan fingerprint density at radius 1 is 1.29 bits per heavy atom. The first-order valence-electron chi connectivity index (χ1n) is 9.01. The van der Waals surface area contributed by atoms with E-state index in [0.29, 0.717) is 17.8 Å². The molecule has 0 bridgehead atoms. The Morgan fingerprint density at radius 3 is 2.86 bits per heavy atom. The Morgan fingerprint density at radius 2 is 2.14 bits per heavy atom. The van der Waals surface area contributed by atoms with Crippen LogP contribution in [0.2, 0.25) is 0 Å². The second kappa shape index (κ2) is 7.63. The number of halogens is 1. The standard InChI is InChI=1S/C20H19BrN4O3/c21-15-5-1-3-12-9-16(28-18(12)15)20(27)24-14-6-7-17(23-10-14)25-8-2-4-13(11-25)19(22)26/h1,3,5-7,9-10,13H,2,4,8,11H2,(H2,22,26)(H,24,27). The predicted octanol–water partition coefficient (Wildman–Crippen LogP) is 3.54. The molecule has 1 saturated heterocycles. The molecule has 2 amide bonds. The van der Waals surface area contributed by atoms with E-state index in [4.69, 9.17) is 10.2 Å². The fourth-order valence-corrected chi connectivity index (χ4v) is 3.86. The highest BCUT2D eigenvalue weighted by Crippen LogP contribution is 2.27. The summed E-state index contributed by atoms with van der Waals surface area (Å²) in [5.74, 6) is 0.223. The average Bonchev–Trinajstić information content (AvgIpc) is 3.15. The molecule has 1 aliphatic heterocycles. The molecule has 3 N–H and O–H groups in total. The number of carbonyl (C=O) groups is 2. The van der Waals surface area contributed by atoms with Gasteiger partial charge in [-0.3, -0.25) is 9.59 Å². The molecule has 0 aliphatic carbocycles. The zero-order valence-electron chi connectivity index (χ0n) is 15.0. The summed E-state index contributed by atoms with van der Waals surface area (Å²) in [5, 5.41) is 3.64. The van der Waals surface area contributed by atoms with Crippen LogP contribution in [0.4, 0.5) is 11.5 Å². The molecule has 2 aromatic heterocycles. The smallest absolute Gasteiger partial charge is 0.291 e. The molecular formula is C20H19BrN4O3. The van der Waals surface area contributed by atoms with E-state index in [2.05, 4.69) is 26.2 Å². The first-order valence-corrected chi connectivity index (χ1v) is 9.80. The minimum Gasteiger partial charge on any atom is -0.450 e. The molecule has 144 valence electrons. The van der Waals surface area contributed by atoms with Gasteiger partial charge in [0.15, 0.2) is 5.76 Å². The summed E-state index contributed by atoms with van der Waals surface area (Å²) in [7, 11) is 0. The fraction of sp³-hybridized carbons (Fsp3) is 0.250. The van der Waals surface area contributed by atoms with Gasteiger partial charge in [-0.15, -0.1) is 0 Å². The summed E-state index contributed by atoms with van der Waals surface area (Å²) < 4.78 is 6.45. The molecule has 3 aromatic rings. The maximum absolute atomic E-state index is 12.5. The second-order valence-electron chi connectivity index (χ2n) is 6.82. The monoisotopic (exact) mass is 442 g/mol. The number of amides is 2. The molecule has 8 heteroatoms. The fourth-order valence-electron chi connectivity index (χ4n) is 3.40. The highest BCUT2D eigenvalue weighted by atomic mass is 79.9. The van der Waals surface area contributed by atoms with E-state index < -0.39 is 0 Å². The number of para-hydroxylation sites is 1. The number of nitrogens with zero attached hydrogens (tertiary/aromatic N) is 2. The zero-order valence-corrected chi connectivity index (χ0v) is 16.6. The highest BCUT2D eigenvalue weighted by Gasteiger charge is 2.24. The molecule has 3 heterocycles. The van der Waals surface area contributed by atoms with E-state index in [1.807, 2.05) is 29.2 Å². The van der Waals surface area contributed by atoms with Gasteiger partial charge in [-0.25, -0.2) is 4.98 Å². The minimum absolute atomic E-state index is 0.151. The summed E-state index contributed by atoms with van der Waals surface area (Å²) in [6.45, 7) is 1.40. The average molecular weight is 443 g/mol. The molecule has 1 aromatic carbocycles. The number of piperidine rings is 1. The minimum atomic E-state index is -0.343. The van der Waals surface area contributed by atoms with Crippen LogP contribution in [-0.4, -0.2) is 29.9 Å². The Balaban J connectivity index is 1.46. The summed E-state index contributed by atoms with van der Waals surface area (Å²) in [5.41, 5.74) is 6.63. The van der Waals surface area contributed by atoms with Crippen molar-refractivity contribution in [1.29, 1.82) is 0 Å². The van der Waals surface area contributed by atoms with E-state index in [-0.39, 0.29) is 23.5 Å². The number of anilines is 2. The Hall–Kier alpha value is -2.87. The molecule has 0 radical (unpaired) electrons. The summed E-state index contributed by atoms with van der Waals surface area (Å²) in [4.78, 5) is 30.4. The predicted molar refractivity (Wildman–Crippen MR) is 110 cm³/mol. The van der Waals surface area contributed by atoms with Gasteiger partial charge in [0, 0.05) is 18.5 Å². The molecule has 0 spiro atoms. The van der Waals surface area contributed by atoms with Crippen LogP contribution < -0.4 is 16.0 Å². The quantitative estimate of drug-likeness (QED) is 0.643. The third-order valence-corrected chi connectivity index (χ3v) is 5.50. The summed E-state index contributed by atoms with van der Waals surface area (Å²) in [6.07, 6.45) is 3.31. The lowest BCUT2D eigenvalue weighted by Gasteiger charge is -2.32. The van der Waals surface area contributed by atoms with Crippen molar-refractivity contribution in [2.75, 3.05) is 23.3 Å². The lowest BCUT2D eigenvalue weighted by atomic mass is 9.97. The van der Waals surface area contributed by atoms with Crippen LogP contribution in [0.3, 0.4) is 0 Å². The molecule has 7 nitrogen and oxygen atoms in total. The van der Waals surface area contributed by atoms with Crippen LogP contribution >= 0.6 is 15.9 Å². The van der Waals surface area contributed by atoms with Gasteiger partial charge >= 0.3 is 0 Å². The third kappa shape index (κ3) is 3.73. The molecule has 4 rings (SSSR count). The third-order valence-electron chi connectivity index (χ3n) is 4.87. The molecule has 0 saturated carbocycles. The normalized spacial score (nSPS) is 16.9. The topological polar surface area (TPSA) is 101 Å². The molecule has 1 fully saturated rings. The van der Waals surface area contributed by atoms with Crippen LogP contribution in [0.5, 0.6) is 0 Å². The van der Waals surface area contributed by atoms with E-state index in [0.717, 1.165) is 35.1 Å². The van der Waals surface area contributed by atoms with Gasteiger partial charge in [0.1, 0.15) is 11.4 Å². The van der Waals surface area contributed by atoms with E-state index in [1.54, 1.807) is 18.3 Å². The van der Waals surface area contributed by atoms with Gasteiger partial charge in [0.2, 0.25) is 5.91 Å². The van der Waals surface area contributed by atoms with Crippen molar-refractivity contribution >= 4 is 50.2 Å². The number of nitrogens with two attached hydrogens (primary N) is 1. The number of hydrogen-bond acceptors (Lipinski definition) is 5. The van der Waals surface area contributed by atoms with Gasteiger partial charge in [0.25, 0.3) is 5.91 Å². The van der Waals surface area contributed by atoms with Gasteiger partial charge in [-0.2, -0.15) is 0 Å². The maximum atomic E-state index is 12.5. The zero-order chi connectivity index (χ0) is 19.7. The van der Waals surface area contributed by atoms with Crippen molar-refractivity contribution in [2.45, 2.75) is 12.8 Å². The van der Waals surface area contributed by atoms with Gasteiger partial charge in [-0.05, 0) is 53.0 Å².